The van der Waals surface area contributed by atoms with Crippen LogP contribution in [0.15, 0.2) is 29.2 Å². The van der Waals surface area contributed by atoms with E-state index in [9.17, 15) is 13.2 Å². The molecule has 0 N–H and O–H groups in total. The first kappa shape index (κ1) is 9.84. The van der Waals surface area contributed by atoms with E-state index in [1.807, 2.05) is 0 Å². The first-order valence-electron chi connectivity index (χ1n) is 5.27. The van der Waals surface area contributed by atoms with Gasteiger partial charge >= 0.3 is 0 Å². The molecule has 5 heteroatoms. The second-order valence-electron chi connectivity index (χ2n) is 4.28. The van der Waals surface area contributed by atoms with Crippen molar-refractivity contribution in [3.63, 3.8) is 0 Å². The van der Waals surface area contributed by atoms with Gasteiger partial charge in [0.1, 0.15) is 4.90 Å². The molecule has 0 bridgehead atoms. The van der Waals surface area contributed by atoms with E-state index in [0.717, 1.165) is 17.1 Å². The zero-order valence-corrected chi connectivity index (χ0v) is 9.40. The van der Waals surface area contributed by atoms with Crippen LogP contribution in [0.1, 0.15) is 23.2 Å². The van der Waals surface area contributed by atoms with Crippen LogP contribution in [-0.2, 0) is 10.0 Å². The van der Waals surface area contributed by atoms with Crippen LogP contribution in [0.5, 0.6) is 0 Å². The maximum atomic E-state index is 12.1. The Kier molecular flexibility index (Phi) is 1.89. The Morgan fingerprint density at radius 3 is 2.56 bits per heavy atom. The van der Waals surface area contributed by atoms with Crippen molar-refractivity contribution in [2.75, 3.05) is 6.54 Å². The number of sulfonamides is 1. The van der Waals surface area contributed by atoms with Crippen molar-refractivity contribution in [1.29, 1.82) is 0 Å². The topological polar surface area (TPSA) is 54.5 Å². The van der Waals surface area contributed by atoms with E-state index in [2.05, 4.69) is 0 Å². The zero-order chi connectivity index (χ0) is 11.3. The van der Waals surface area contributed by atoms with Crippen molar-refractivity contribution in [2.24, 2.45) is 5.92 Å². The molecular formula is C11H11NO3S. The fourth-order valence-electron chi connectivity index (χ4n) is 1.95. The minimum Gasteiger partial charge on any atom is -0.268 e. The minimum atomic E-state index is -3.57. The Bertz CT molecular complexity index is 560. The SMILES string of the molecule is O=C1c2ccccc2S(=O)(=O)N1CC1CC1. The molecule has 0 radical (unpaired) electrons. The number of fused-ring (bicyclic) bond motifs is 1. The molecule has 1 aromatic carbocycles. The van der Waals surface area contributed by atoms with Crippen LogP contribution in [-0.4, -0.2) is 25.2 Å². The van der Waals surface area contributed by atoms with Gasteiger partial charge in [-0.15, -0.1) is 0 Å². The summed E-state index contributed by atoms with van der Waals surface area (Å²) in [7, 11) is -3.57. The number of hydrogen-bond acceptors (Lipinski definition) is 3. The van der Waals surface area contributed by atoms with Gasteiger partial charge < -0.3 is 0 Å². The van der Waals surface area contributed by atoms with Crippen molar-refractivity contribution in [1.82, 2.24) is 4.31 Å². The lowest BCUT2D eigenvalue weighted by atomic mass is 10.2. The molecule has 1 aliphatic carbocycles. The van der Waals surface area contributed by atoms with Gasteiger partial charge in [0.15, 0.2) is 0 Å². The monoisotopic (exact) mass is 237 g/mol. The van der Waals surface area contributed by atoms with Gasteiger partial charge in [-0.2, -0.15) is 0 Å². The summed E-state index contributed by atoms with van der Waals surface area (Å²) in [4.78, 5) is 12.1. The third-order valence-electron chi connectivity index (χ3n) is 3.03. The molecular weight excluding hydrogens is 226 g/mol. The second-order valence-corrected chi connectivity index (χ2v) is 6.11. The van der Waals surface area contributed by atoms with E-state index in [1.165, 1.54) is 6.07 Å². The summed E-state index contributed by atoms with van der Waals surface area (Å²) in [6.07, 6.45) is 2.05. The minimum absolute atomic E-state index is 0.153. The fourth-order valence-corrected chi connectivity index (χ4v) is 3.59. The molecule has 0 atom stereocenters. The van der Waals surface area contributed by atoms with Crippen molar-refractivity contribution in [3.8, 4) is 0 Å². The molecule has 3 rings (SSSR count). The summed E-state index contributed by atoms with van der Waals surface area (Å²) in [5, 5.41) is 0. The van der Waals surface area contributed by atoms with Crippen molar-refractivity contribution in [2.45, 2.75) is 17.7 Å². The Morgan fingerprint density at radius 1 is 1.25 bits per heavy atom. The summed E-state index contributed by atoms with van der Waals surface area (Å²) >= 11 is 0. The maximum Gasteiger partial charge on any atom is 0.269 e. The van der Waals surface area contributed by atoms with Gasteiger partial charge in [-0.3, -0.25) is 4.79 Å². The van der Waals surface area contributed by atoms with Crippen molar-refractivity contribution < 1.29 is 13.2 Å². The summed E-state index contributed by atoms with van der Waals surface area (Å²) < 4.78 is 25.1. The third kappa shape index (κ3) is 1.28. The molecule has 16 heavy (non-hydrogen) atoms. The highest BCUT2D eigenvalue weighted by Crippen LogP contribution is 2.36. The van der Waals surface area contributed by atoms with Crippen LogP contribution in [0.25, 0.3) is 0 Å². The number of carbonyl (C=O) groups is 1. The highest BCUT2D eigenvalue weighted by Gasteiger charge is 2.43. The van der Waals surface area contributed by atoms with E-state index in [-0.39, 0.29) is 10.8 Å². The summed E-state index contributed by atoms with van der Waals surface area (Å²) in [6, 6.07) is 6.40. The van der Waals surface area contributed by atoms with Gasteiger partial charge in [-0.1, -0.05) is 12.1 Å². The Morgan fingerprint density at radius 2 is 1.94 bits per heavy atom. The number of benzene rings is 1. The number of carbonyl (C=O) groups excluding carboxylic acids is 1. The molecule has 1 fully saturated rings. The first-order valence-corrected chi connectivity index (χ1v) is 6.71. The van der Waals surface area contributed by atoms with E-state index >= 15 is 0 Å². The highest BCUT2D eigenvalue weighted by molar-refractivity contribution is 7.90. The van der Waals surface area contributed by atoms with E-state index in [0.29, 0.717) is 18.0 Å². The lowest BCUT2D eigenvalue weighted by Crippen LogP contribution is -2.31. The second kappa shape index (κ2) is 3.07. The third-order valence-corrected chi connectivity index (χ3v) is 4.84. The van der Waals surface area contributed by atoms with Crippen LogP contribution in [0.4, 0.5) is 0 Å². The van der Waals surface area contributed by atoms with E-state index in [1.54, 1.807) is 18.2 Å². The molecule has 2 aliphatic rings. The zero-order valence-electron chi connectivity index (χ0n) is 8.59. The largest absolute Gasteiger partial charge is 0.269 e. The van der Waals surface area contributed by atoms with Crippen molar-refractivity contribution >= 4 is 15.9 Å². The first-order chi connectivity index (χ1) is 7.60. The molecule has 1 aromatic rings. The van der Waals surface area contributed by atoms with Gasteiger partial charge in [0.05, 0.1) is 5.56 Å². The Balaban J connectivity index is 2.09. The molecule has 1 saturated carbocycles. The summed E-state index contributed by atoms with van der Waals surface area (Å²) in [5.41, 5.74) is 0.308. The molecule has 1 aliphatic heterocycles. The Labute approximate surface area is 93.9 Å². The molecule has 0 unspecified atom stereocenters. The molecule has 84 valence electrons. The standard InChI is InChI=1S/C11H11NO3S/c13-11-9-3-1-2-4-10(9)16(14,15)12(11)7-8-5-6-8/h1-4,8H,5-7H2. The molecule has 0 spiro atoms. The van der Waals surface area contributed by atoms with Crippen LogP contribution in [0.2, 0.25) is 0 Å². The summed E-state index contributed by atoms with van der Waals surface area (Å²) in [5.74, 6) is -0.00413. The Hall–Kier alpha value is -1.36. The van der Waals surface area contributed by atoms with E-state index in [4.69, 9.17) is 0 Å². The predicted octanol–water partition coefficient (Wildman–Crippen LogP) is 1.24. The van der Waals surface area contributed by atoms with E-state index < -0.39 is 10.0 Å². The lowest BCUT2D eigenvalue weighted by Gasteiger charge is -2.13. The fraction of sp³-hybridized carbons (Fsp3) is 0.364. The quantitative estimate of drug-likeness (QED) is 0.777. The summed E-state index contributed by atoms with van der Waals surface area (Å²) in [6.45, 7) is 0.343. The van der Waals surface area contributed by atoms with Crippen LogP contribution < -0.4 is 0 Å². The smallest absolute Gasteiger partial charge is 0.268 e. The molecule has 4 nitrogen and oxygen atoms in total. The van der Waals surface area contributed by atoms with Crippen LogP contribution >= 0.6 is 0 Å². The lowest BCUT2D eigenvalue weighted by molar-refractivity contribution is 0.0867. The average Bonchev–Trinajstić information content (AvgIpc) is 3.05. The normalized spacial score (nSPS) is 22.2. The molecule has 0 saturated heterocycles. The number of nitrogens with zero attached hydrogens (tertiary/aromatic N) is 1. The van der Waals surface area contributed by atoms with Crippen LogP contribution in [0, 0.1) is 5.92 Å². The van der Waals surface area contributed by atoms with Crippen molar-refractivity contribution in [3.05, 3.63) is 29.8 Å². The number of amides is 1. The molecule has 1 amide bonds. The average molecular weight is 237 g/mol. The number of hydrogen-bond donors (Lipinski definition) is 0. The van der Waals surface area contributed by atoms with Gasteiger partial charge in [-0.25, -0.2) is 12.7 Å². The van der Waals surface area contributed by atoms with Crippen LogP contribution in [0.3, 0.4) is 0 Å². The molecule has 0 aromatic heterocycles. The van der Waals surface area contributed by atoms with Gasteiger partial charge in [0, 0.05) is 6.54 Å². The maximum absolute atomic E-state index is 12.1. The van der Waals surface area contributed by atoms with Gasteiger partial charge in [0.25, 0.3) is 15.9 Å². The predicted molar refractivity (Wildman–Crippen MR) is 57.4 cm³/mol. The van der Waals surface area contributed by atoms with Gasteiger partial charge in [-0.05, 0) is 30.9 Å². The highest BCUT2D eigenvalue weighted by atomic mass is 32.2. The van der Waals surface area contributed by atoms with Gasteiger partial charge in [0.2, 0.25) is 0 Å². The molecule has 1 heterocycles. The number of rotatable bonds is 2.